The standard InChI is InChI=1S/C18H17N3O4S/c1-13-7-9-15(10-8-13)26(23,24)21-17(22)18-20-12-16(25-18)19-11-14-5-3-2-4-6-14/h2-10,12,19H,11H2,1H3,(H,21,22). The van der Waals surface area contributed by atoms with E-state index in [0.29, 0.717) is 6.54 Å². The summed E-state index contributed by atoms with van der Waals surface area (Å²) in [5.41, 5.74) is 1.94. The van der Waals surface area contributed by atoms with E-state index in [4.69, 9.17) is 4.42 Å². The van der Waals surface area contributed by atoms with Crippen LogP contribution >= 0.6 is 0 Å². The Hall–Kier alpha value is -3.13. The molecule has 0 bridgehead atoms. The number of rotatable bonds is 6. The van der Waals surface area contributed by atoms with Crippen molar-refractivity contribution in [3.63, 3.8) is 0 Å². The molecular weight excluding hydrogens is 354 g/mol. The minimum atomic E-state index is -3.99. The normalized spacial score (nSPS) is 11.1. The zero-order valence-electron chi connectivity index (χ0n) is 14.0. The number of amides is 1. The third-order valence-corrected chi connectivity index (χ3v) is 4.91. The molecule has 0 saturated heterocycles. The van der Waals surface area contributed by atoms with Crippen LogP contribution in [-0.2, 0) is 16.6 Å². The van der Waals surface area contributed by atoms with Crippen LogP contribution in [0.3, 0.4) is 0 Å². The molecule has 2 N–H and O–H groups in total. The molecule has 8 heteroatoms. The Morgan fingerprint density at radius 2 is 1.77 bits per heavy atom. The average molecular weight is 371 g/mol. The highest BCUT2D eigenvalue weighted by atomic mass is 32.2. The Morgan fingerprint density at radius 1 is 1.08 bits per heavy atom. The van der Waals surface area contributed by atoms with Gasteiger partial charge in [0.1, 0.15) is 0 Å². The number of sulfonamides is 1. The molecule has 1 heterocycles. The summed E-state index contributed by atoms with van der Waals surface area (Å²) >= 11 is 0. The number of hydrogen-bond donors (Lipinski definition) is 2. The molecule has 0 atom stereocenters. The molecule has 0 unspecified atom stereocenters. The highest BCUT2D eigenvalue weighted by Crippen LogP contribution is 2.14. The first-order valence-corrected chi connectivity index (χ1v) is 9.30. The van der Waals surface area contributed by atoms with Crippen molar-refractivity contribution >= 4 is 21.8 Å². The van der Waals surface area contributed by atoms with E-state index in [9.17, 15) is 13.2 Å². The summed E-state index contributed by atoms with van der Waals surface area (Å²) in [4.78, 5) is 15.9. The number of anilines is 1. The van der Waals surface area contributed by atoms with Gasteiger partial charge in [-0.15, -0.1) is 0 Å². The molecule has 3 rings (SSSR count). The van der Waals surface area contributed by atoms with Crippen molar-refractivity contribution in [1.29, 1.82) is 0 Å². The van der Waals surface area contributed by atoms with Crippen molar-refractivity contribution in [3.05, 3.63) is 77.8 Å². The third-order valence-electron chi connectivity index (χ3n) is 3.57. The predicted molar refractivity (Wildman–Crippen MR) is 96.1 cm³/mol. The van der Waals surface area contributed by atoms with E-state index in [1.54, 1.807) is 12.1 Å². The average Bonchev–Trinajstić information content (AvgIpc) is 3.10. The maximum Gasteiger partial charge on any atom is 0.320 e. The Morgan fingerprint density at radius 3 is 2.46 bits per heavy atom. The quantitative estimate of drug-likeness (QED) is 0.691. The molecule has 26 heavy (non-hydrogen) atoms. The molecule has 0 aliphatic rings. The Balaban J connectivity index is 1.65. The van der Waals surface area contributed by atoms with Crippen molar-refractivity contribution in [2.24, 2.45) is 0 Å². The summed E-state index contributed by atoms with van der Waals surface area (Å²) in [5.74, 6) is -0.999. The predicted octanol–water partition coefficient (Wildman–Crippen LogP) is 2.71. The van der Waals surface area contributed by atoms with Crippen LogP contribution in [0.5, 0.6) is 0 Å². The second-order valence-corrected chi connectivity index (χ2v) is 7.30. The second-order valence-electron chi connectivity index (χ2n) is 5.62. The first-order chi connectivity index (χ1) is 12.4. The van der Waals surface area contributed by atoms with Crippen LogP contribution in [-0.4, -0.2) is 19.3 Å². The van der Waals surface area contributed by atoms with E-state index < -0.39 is 15.9 Å². The number of carbonyl (C=O) groups excluding carboxylic acids is 1. The topological polar surface area (TPSA) is 101 Å². The van der Waals surface area contributed by atoms with Gasteiger partial charge in [0.15, 0.2) is 0 Å². The van der Waals surface area contributed by atoms with E-state index in [1.165, 1.54) is 18.3 Å². The lowest BCUT2D eigenvalue weighted by molar-refractivity contribution is 0.0948. The van der Waals surface area contributed by atoms with Crippen LogP contribution in [0.25, 0.3) is 0 Å². The Bertz CT molecular complexity index is 996. The summed E-state index contributed by atoms with van der Waals surface area (Å²) < 4.78 is 31.7. The van der Waals surface area contributed by atoms with Gasteiger partial charge >= 0.3 is 5.91 Å². The molecule has 0 spiro atoms. The molecule has 2 aromatic carbocycles. The zero-order chi connectivity index (χ0) is 18.6. The van der Waals surface area contributed by atoms with Gasteiger partial charge in [-0.2, -0.15) is 0 Å². The van der Waals surface area contributed by atoms with E-state index in [2.05, 4.69) is 10.3 Å². The lowest BCUT2D eigenvalue weighted by Gasteiger charge is -2.05. The molecule has 0 radical (unpaired) electrons. The summed E-state index contributed by atoms with van der Waals surface area (Å²) in [5, 5.41) is 2.98. The molecule has 134 valence electrons. The fourth-order valence-corrected chi connectivity index (χ4v) is 3.13. The summed E-state index contributed by atoms with van der Waals surface area (Å²) in [7, 11) is -3.99. The van der Waals surface area contributed by atoms with Crippen molar-refractivity contribution < 1.29 is 17.6 Å². The minimum Gasteiger partial charge on any atom is -0.416 e. The number of aromatic nitrogens is 1. The van der Waals surface area contributed by atoms with Crippen LogP contribution in [0, 0.1) is 6.92 Å². The van der Waals surface area contributed by atoms with Gasteiger partial charge in [0.2, 0.25) is 5.88 Å². The maximum absolute atomic E-state index is 12.2. The fourth-order valence-electron chi connectivity index (χ4n) is 2.19. The largest absolute Gasteiger partial charge is 0.416 e. The van der Waals surface area contributed by atoms with Crippen molar-refractivity contribution in [3.8, 4) is 0 Å². The fraction of sp³-hybridized carbons (Fsp3) is 0.111. The molecule has 7 nitrogen and oxygen atoms in total. The van der Waals surface area contributed by atoms with Gasteiger partial charge in [0, 0.05) is 6.54 Å². The molecule has 1 amide bonds. The number of hydrogen-bond acceptors (Lipinski definition) is 6. The van der Waals surface area contributed by atoms with Gasteiger partial charge in [-0.3, -0.25) is 4.79 Å². The summed E-state index contributed by atoms with van der Waals surface area (Å²) in [6.07, 6.45) is 1.33. The van der Waals surface area contributed by atoms with Crippen molar-refractivity contribution in [1.82, 2.24) is 9.71 Å². The summed E-state index contributed by atoms with van der Waals surface area (Å²) in [6.45, 7) is 2.32. The molecule has 0 aliphatic carbocycles. The number of oxazole rings is 1. The molecule has 1 aromatic heterocycles. The second kappa shape index (κ2) is 7.40. The molecule has 0 saturated carbocycles. The van der Waals surface area contributed by atoms with Crippen LogP contribution in [0.2, 0.25) is 0 Å². The van der Waals surface area contributed by atoms with E-state index in [1.807, 2.05) is 42.0 Å². The number of aryl methyl sites for hydroxylation is 1. The van der Waals surface area contributed by atoms with Crippen LogP contribution in [0.15, 0.2) is 70.1 Å². The SMILES string of the molecule is Cc1ccc(S(=O)(=O)NC(=O)c2ncc(NCc3ccccc3)o2)cc1. The third kappa shape index (κ3) is 4.28. The lowest BCUT2D eigenvalue weighted by atomic mass is 10.2. The van der Waals surface area contributed by atoms with Crippen LogP contribution in [0.1, 0.15) is 21.8 Å². The number of carbonyl (C=O) groups is 1. The van der Waals surface area contributed by atoms with Crippen molar-refractivity contribution in [2.45, 2.75) is 18.4 Å². The van der Waals surface area contributed by atoms with Gasteiger partial charge in [-0.1, -0.05) is 48.0 Å². The van der Waals surface area contributed by atoms with Gasteiger partial charge in [0.25, 0.3) is 15.9 Å². The van der Waals surface area contributed by atoms with E-state index in [0.717, 1.165) is 11.1 Å². The number of benzene rings is 2. The van der Waals surface area contributed by atoms with Gasteiger partial charge in [-0.25, -0.2) is 18.1 Å². The monoisotopic (exact) mass is 371 g/mol. The highest BCUT2D eigenvalue weighted by molar-refractivity contribution is 7.90. The lowest BCUT2D eigenvalue weighted by Crippen LogP contribution is -2.30. The highest BCUT2D eigenvalue weighted by Gasteiger charge is 2.22. The molecule has 0 aliphatic heterocycles. The van der Waals surface area contributed by atoms with E-state index in [-0.39, 0.29) is 16.7 Å². The van der Waals surface area contributed by atoms with Gasteiger partial charge in [-0.05, 0) is 24.6 Å². The zero-order valence-corrected chi connectivity index (χ0v) is 14.8. The number of nitrogens with one attached hydrogen (secondary N) is 2. The van der Waals surface area contributed by atoms with Crippen molar-refractivity contribution in [2.75, 3.05) is 5.32 Å². The van der Waals surface area contributed by atoms with Gasteiger partial charge in [0.05, 0.1) is 11.1 Å². The van der Waals surface area contributed by atoms with Crippen LogP contribution in [0.4, 0.5) is 5.88 Å². The maximum atomic E-state index is 12.2. The van der Waals surface area contributed by atoms with Gasteiger partial charge < -0.3 is 9.73 Å². The first kappa shape index (κ1) is 17.7. The van der Waals surface area contributed by atoms with E-state index >= 15 is 0 Å². The molecule has 0 fully saturated rings. The van der Waals surface area contributed by atoms with Crippen LogP contribution < -0.4 is 10.0 Å². The molecule has 3 aromatic rings. The first-order valence-electron chi connectivity index (χ1n) is 7.81. The molecular formula is C18H17N3O4S. The minimum absolute atomic E-state index is 0.00886. The Kier molecular flexibility index (Phi) is 5.04. The smallest absolute Gasteiger partial charge is 0.320 e. The number of nitrogens with zero attached hydrogens (tertiary/aromatic N) is 1. The summed E-state index contributed by atoms with van der Waals surface area (Å²) in [6, 6.07) is 15.7. The Labute approximate surface area is 151 Å².